The average molecular weight is 1050 g/mol. The fourth-order valence-corrected chi connectivity index (χ4v) is 20.6. The van der Waals surface area contributed by atoms with Crippen LogP contribution in [0.15, 0.2) is 167 Å². The van der Waals surface area contributed by atoms with Crippen molar-refractivity contribution in [3.63, 3.8) is 0 Å². The van der Waals surface area contributed by atoms with Crippen molar-refractivity contribution in [3.05, 3.63) is 174 Å². The molecule has 0 spiro atoms. The van der Waals surface area contributed by atoms with E-state index < -0.39 is 0 Å². The molecule has 394 valence electrons. The fourth-order valence-electron chi connectivity index (χ4n) is 20.6. The van der Waals surface area contributed by atoms with Crippen molar-refractivity contribution in [3.8, 4) is 22.3 Å². The number of nitrogens with zero attached hydrogens (tertiary/aromatic N) is 2. The van der Waals surface area contributed by atoms with E-state index >= 15 is 0 Å². The van der Waals surface area contributed by atoms with E-state index in [9.17, 15) is 0 Å². The molecule has 9 aromatic carbocycles. The quantitative estimate of drug-likeness (QED) is 0.165. The first-order valence-electron chi connectivity index (χ1n) is 31.1. The summed E-state index contributed by atoms with van der Waals surface area (Å²) in [7, 11) is 0. The zero-order valence-electron chi connectivity index (χ0n) is 46.7. The van der Waals surface area contributed by atoms with Crippen molar-refractivity contribution < 1.29 is 8.83 Å². The van der Waals surface area contributed by atoms with E-state index in [4.69, 9.17) is 8.83 Å². The van der Waals surface area contributed by atoms with Crippen LogP contribution in [0.2, 0.25) is 0 Å². The zero-order valence-corrected chi connectivity index (χ0v) is 46.7. The second kappa shape index (κ2) is 15.3. The first-order chi connectivity index (χ1) is 39.6. The van der Waals surface area contributed by atoms with Crippen molar-refractivity contribution in [2.75, 3.05) is 4.90 Å². The molecular formula is C76H65BN2O2. The molecule has 22 rings (SSSR count). The van der Waals surface area contributed by atoms with Crippen LogP contribution in [0.3, 0.4) is 0 Å². The van der Waals surface area contributed by atoms with Gasteiger partial charge in [0.2, 0.25) is 0 Å². The van der Waals surface area contributed by atoms with E-state index in [-0.39, 0.29) is 23.1 Å². The van der Waals surface area contributed by atoms with E-state index in [1.807, 2.05) is 0 Å². The number of fused-ring (bicyclic) bond motifs is 16. The Morgan fingerprint density at radius 1 is 0.457 bits per heavy atom. The van der Waals surface area contributed by atoms with Crippen molar-refractivity contribution in [2.45, 2.75) is 114 Å². The van der Waals surface area contributed by atoms with E-state index in [1.54, 1.807) is 11.1 Å². The van der Waals surface area contributed by atoms with Gasteiger partial charge in [-0.2, -0.15) is 0 Å². The van der Waals surface area contributed by atoms with E-state index in [2.05, 4.69) is 188 Å². The molecule has 8 bridgehead atoms. The van der Waals surface area contributed by atoms with Crippen LogP contribution in [0.5, 0.6) is 0 Å². The summed E-state index contributed by atoms with van der Waals surface area (Å²) in [6, 6.07) is 61.7. The van der Waals surface area contributed by atoms with Crippen molar-refractivity contribution in [1.82, 2.24) is 4.48 Å². The van der Waals surface area contributed by atoms with Crippen molar-refractivity contribution in [1.29, 1.82) is 0 Å². The standard InChI is InChI=1S/C76H65BN2O2/c1-74(2,3)51-17-21-64(56(31-51)48-11-5-4-6-12-48)78-70-63(20-19-55-58-29-49-13-7-8-14-50(49)30-67(58)81-72(55)70)77-68-59(35-62-54-15-9-10-16-66(54)80-73(62)71(68)78)61-34-53(76-39-45-26-46(40-76)28-47(27-45)41-76)33-60-57-32-52(18-22-65(57)79(77)69(60)61)75-36-42-23-43(37-75)25-44(24-42)38-75/h4-22,29-35,42-47H,23-28,36-41H2,1-3H3. The molecular weight excluding hydrogens is 984 g/mol. The molecule has 3 aromatic heterocycles. The Kier molecular flexibility index (Phi) is 8.55. The number of furan rings is 2. The number of hydrogen-bond donors (Lipinski definition) is 0. The van der Waals surface area contributed by atoms with Crippen LogP contribution in [-0.2, 0) is 16.2 Å². The zero-order chi connectivity index (χ0) is 53.0. The molecule has 10 aliphatic rings. The molecule has 0 atom stereocenters. The molecule has 5 heterocycles. The van der Waals surface area contributed by atoms with Gasteiger partial charge in [-0.15, -0.1) is 0 Å². The van der Waals surface area contributed by atoms with Crippen LogP contribution in [-0.4, -0.2) is 11.3 Å². The lowest BCUT2D eigenvalue weighted by Crippen LogP contribution is -2.56. The lowest BCUT2D eigenvalue weighted by Gasteiger charge is -2.57. The summed E-state index contributed by atoms with van der Waals surface area (Å²) in [6.45, 7) is 6.85. The van der Waals surface area contributed by atoms with Crippen LogP contribution >= 0.6 is 0 Å². The second-order valence-electron chi connectivity index (χ2n) is 28.8. The van der Waals surface area contributed by atoms with E-state index in [0.717, 1.165) is 91.1 Å². The Morgan fingerprint density at radius 2 is 1.09 bits per heavy atom. The van der Waals surface area contributed by atoms with Crippen LogP contribution < -0.4 is 15.8 Å². The van der Waals surface area contributed by atoms with Crippen LogP contribution in [0.1, 0.15) is 115 Å². The predicted molar refractivity (Wildman–Crippen MR) is 336 cm³/mol. The number of para-hydroxylation sites is 1. The van der Waals surface area contributed by atoms with E-state index in [1.165, 1.54) is 154 Å². The molecule has 5 heteroatoms. The molecule has 4 nitrogen and oxygen atoms in total. The van der Waals surface area contributed by atoms with Crippen LogP contribution in [0, 0.1) is 35.5 Å². The molecule has 8 saturated carbocycles. The number of aromatic nitrogens is 1. The first kappa shape index (κ1) is 45.2. The number of hydrogen-bond acceptors (Lipinski definition) is 3. The molecule has 8 fully saturated rings. The van der Waals surface area contributed by atoms with E-state index in [0.29, 0.717) is 0 Å². The first-order valence-corrected chi connectivity index (χ1v) is 31.1. The number of rotatable bonds is 4. The Bertz CT molecular complexity index is 4720. The van der Waals surface area contributed by atoms with Gasteiger partial charge < -0.3 is 18.2 Å². The van der Waals surface area contributed by atoms with Gasteiger partial charge in [-0.25, -0.2) is 0 Å². The normalized spacial score (nSPS) is 26.7. The molecule has 0 saturated heterocycles. The van der Waals surface area contributed by atoms with Gasteiger partial charge >= 0.3 is 6.85 Å². The maximum Gasteiger partial charge on any atom is 0.333 e. The molecule has 0 N–H and O–H groups in total. The van der Waals surface area contributed by atoms with Gasteiger partial charge in [0, 0.05) is 54.5 Å². The lowest BCUT2D eigenvalue weighted by atomic mass is 9.44. The van der Waals surface area contributed by atoms with Crippen LogP contribution in [0.4, 0.5) is 17.1 Å². The molecule has 8 aliphatic carbocycles. The summed E-state index contributed by atoms with van der Waals surface area (Å²) in [5, 5.41) is 9.93. The van der Waals surface area contributed by atoms with Crippen LogP contribution in [0.25, 0.3) is 98.7 Å². The molecule has 81 heavy (non-hydrogen) atoms. The summed E-state index contributed by atoms with van der Waals surface area (Å²) in [4.78, 5) is 2.64. The van der Waals surface area contributed by atoms with Gasteiger partial charge in [-0.05, 0) is 239 Å². The highest BCUT2D eigenvalue weighted by Crippen LogP contribution is 2.64. The highest BCUT2D eigenvalue weighted by atomic mass is 16.3. The lowest BCUT2D eigenvalue weighted by molar-refractivity contribution is -0.00527. The smallest absolute Gasteiger partial charge is 0.333 e. The summed E-state index contributed by atoms with van der Waals surface area (Å²) in [6.07, 6.45) is 16.8. The third-order valence-corrected chi connectivity index (χ3v) is 23.1. The van der Waals surface area contributed by atoms with Gasteiger partial charge in [0.1, 0.15) is 11.2 Å². The van der Waals surface area contributed by atoms with Gasteiger partial charge in [0.05, 0.1) is 17.1 Å². The minimum Gasteiger partial charge on any atom is -0.454 e. The molecule has 2 aliphatic heterocycles. The fraction of sp³-hybridized carbons (Fsp3) is 0.316. The Hall–Kier alpha value is -7.50. The number of anilines is 3. The maximum atomic E-state index is 7.56. The summed E-state index contributed by atoms with van der Waals surface area (Å²) >= 11 is 0. The Morgan fingerprint density at radius 3 is 1.80 bits per heavy atom. The molecule has 0 unspecified atom stereocenters. The maximum absolute atomic E-state index is 7.56. The van der Waals surface area contributed by atoms with Gasteiger partial charge in [-0.3, -0.25) is 0 Å². The van der Waals surface area contributed by atoms with Gasteiger partial charge in [-0.1, -0.05) is 118 Å². The highest BCUT2D eigenvalue weighted by molar-refractivity contribution is 6.90. The predicted octanol–water partition coefficient (Wildman–Crippen LogP) is 19.1. The Labute approximate surface area is 473 Å². The largest absolute Gasteiger partial charge is 0.454 e. The van der Waals surface area contributed by atoms with Gasteiger partial charge in [0.15, 0.2) is 11.2 Å². The third kappa shape index (κ3) is 5.98. The van der Waals surface area contributed by atoms with Gasteiger partial charge in [0.25, 0.3) is 0 Å². The summed E-state index contributed by atoms with van der Waals surface area (Å²) in [5.74, 6) is 5.19. The van der Waals surface area contributed by atoms with Crippen molar-refractivity contribution in [2.24, 2.45) is 35.5 Å². The number of benzene rings is 9. The SMILES string of the molecule is CC(C)(C)c1ccc(N2c3c(ccc4c3oc3cc5ccccc5cc34)B3c4c(cc5c(oc6ccccc65)c42)-c2cc(C45CC6CC(CC(C6)C4)C5)cc4c5cc(C67CC8CC(CC(C8)C6)C7)ccc5n3c24)c(-c2ccccc2)c1. The average Bonchev–Trinajstić information content (AvgIpc) is 1.81. The minimum absolute atomic E-state index is 0.0760. The summed E-state index contributed by atoms with van der Waals surface area (Å²) < 4.78 is 17.9. The highest BCUT2D eigenvalue weighted by Gasteiger charge is 2.54. The molecule has 0 amide bonds. The second-order valence-corrected chi connectivity index (χ2v) is 28.8. The monoisotopic (exact) mass is 1050 g/mol. The summed E-state index contributed by atoms with van der Waals surface area (Å²) in [5.41, 5.74) is 22.4. The van der Waals surface area contributed by atoms with Crippen molar-refractivity contribution >= 4 is 111 Å². The topological polar surface area (TPSA) is 34.5 Å². The minimum atomic E-state index is -0.173. The molecule has 0 radical (unpaired) electrons. The Balaban J connectivity index is 0.953. The third-order valence-electron chi connectivity index (χ3n) is 23.1. The molecule has 12 aromatic rings.